The summed E-state index contributed by atoms with van der Waals surface area (Å²) < 4.78 is 7.25. The maximum atomic E-state index is 12.3. The lowest BCUT2D eigenvalue weighted by molar-refractivity contribution is -0.123. The fraction of sp³-hybridized carbons (Fsp3) is 0.353. The smallest absolute Gasteiger partial charge is 0.241 e. The predicted molar refractivity (Wildman–Crippen MR) is 94.3 cm³/mol. The predicted octanol–water partition coefficient (Wildman–Crippen LogP) is 0.834. The molecule has 1 aromatic carbocycles. The number of likely N-dealkylation sites (N-methyl/N-ethyl adjacent to an activating group) is 1. The van der Waals surface area contributed by atoms with Gasteiger partial charge in [0.1, 0.15) is 18.4 Å². The second-order valence-corrected chi connectivity index (χ2v) is 5.52. The standard InChI is InChI=1S/C17H23N5O3/c1-12(23)21-14-5-4-6-15(9-14)25-8-7-19-17(24)16(18-2)13-10-20-22(3)11-13/h4-6,9-11,16,18H,7-8H2,1-3H3,(H,19,24)(H,21,23). The topological polar surface area (TPSA) is 97.3 Å². The Hall–Kier alpha value is -2.87. The number of carbonyl (C=O) groups excluding carboxylic acids is 2. The van der Waals surface area contributed by atoms with Crippen molar-refractivity contribution in [1.29, 1.82) is 0 Å². The van der Waals surface area contributed by atoms with Gasteiger partial charge in [-0.05, 0) is 19.2 Å². The van der Waals surface area contributed by atoms with Gasteiger partial charge in [-0.3, -0.25) is 14.3 Å². The van der Waals surface area contributed by atoms with Crippen LogP contribution in [0.4, 0.5) is 5.69 Å². The van der Waals surface area contributed by atoms with Gasteiger partial charge in [-0.25, -0.2) is 0 Å². The maximum Gasteiger partial charge on any atom is 0.241 e. The Balaban J connectivity index is 1.80. The van der Waals surface area contributed by atoms with Gasteiger partial charge in [0.2, 0.25) is 11.8 Å². The molecule has 0 aliphatic carbocycles. The van der Waals surface area contributed by atoms with Gasteiger partial charge in [-0.1, -0.05) is 6.07 Å². The monoisotopic (exact) mass is 345 g/mol. The van der Waals surface area contributed by atoms with Gasteiger partial charge >= 0.3 is 0 Å². The molecule has 2 amide bonds. The highest BCUT2D eigenvalue weighted by atomic mass is 16.5. The molecule has 2 aromatic rings. The van der Waals surface area contributed by atoms with Crippen LogP contribution < -0.4 is 20.7 Å². The Morgan fingerprint density at radius 2 is 2.16 bits per heavy atom. The summed E-state index contributed by atoms with van der Waals surface area (Å²) in [6, 6.07) is 6.63. The summed E-state index contributed by atoms with van der Waals surface area (Å²) in [7, 11) is 3.53. The van der Waals surface area contributed by atoms with Crippen molar-refractivity contribution in [3.8, 4) is 5.75 Å². The van der Waals surface area contributed by atoms with Crippen molar-refractivity contribution in [2.24, 2.45) is 7.05 Å². The van der Waals surface area contributed by atoms with Gasteiger partial charge in [0.05, 0.1) is 12.7 Å². The Morgan fingerprint density at radius 1 is 1.36 bits per heavy atom. The second kappa shape index (κ2) is 8.84. The molecule has 3 N–H and O–H groups in total. The molecular weight excluding hydrogens is 322 g/mol. The molecule has 0 saturated heterocycles. The molecule has 0 fully saturated rings. The van der Waals surface area contributed by atoms with E-state index < -0.39 is 6.04 Å². The molecular formula is C17H23N5O3. The first kappa shape index (κ1) is 18.5. The lowest BCUT2D eigenvalue weighted by Crippen LogP contribution is -2.37. The quantitative estimate of drug-likeness (QED) is 0.616. The number of benzene rings is 1. The third-order valence-corrected chi connectivity index (χ3v) is 3.43. The average Bonchev–Trinajstić information content (AvgIpc) is 2.98. The molecule has 25 heavy (non-hydrogen) atoms. The van der Waals surface area contributed by atoms with Crippen molar-refractivity contribution in [1.82, 2.24) is 20.4 Å². The third-order valence-electron chi connectivity index (χ3n) is 3.43. The van der Waals surface area contributed by atoms with Crippen LogP contribution in [0.2, 0.25) is 0 Å². The number of nitrogens with zero attached hydrogens (tertiary/aromatic N) is 2. The van der Waals surface area contributed by atoms with Gasteiger partial charge in [0, 0.05) is 37.5 Å². The van der Waals surface area contributed by atoms with Crippen molar-refractivity contribution >= 4 is 17.5 Å². The number of anilines is 1. The largest absolute Gasteiger partial charge is 0.492 e. The molecule has 1 unspecified atom stereocenters. The minimum atomic E-state index is -0.461. The molecule has 1 atom stereocenters. The number of amides is 2. The summed E-state index contributed by atoms with van der Waals surface area (Å²) in [4.78, 5) is 23.3. The Morgan fingerprint density at radius 3 is 2.80 bits per heavy atom. The minimum Gasteiger partial charge on any atom is -0.492 e. The normalized spacial score (nSPS) is 11.6. The van der Waals surface area contributed by atoms with Crippen LogP contribution in [-0.2, 0) is 16.6 Å². The fourth-order valence-corrected chi connectivity index (χ4v) is 2.35. The molecule has 0 aliphatic rings. The van der Waals surface area contributed by atoms with E-state index >= 15 is 0 Å². The van der Waals surface area contributed by atoms with E-state index in [4.69, 9.17) is 4.74 Å². The van der Waals surface area contributed by atoms with E-state index in [1.165, 1.54) is 6.92 Å². The van der Waals surface area contributed by atoms with Crippen LogP contribution in [0.3, 0.4) is 0 Å². The SMILES string of the molecule is CNC(C(=O)NCCOc1cccc(NC(C)=O)c1)c1cnn(C)c1. The third kappa shape index (κ3) is 5.61. The number of aromatic nitrogens is 2. The molecule has 0 radical (unpaired) electrons. The lowest BCUT2D eigenvalue weighted by atomic mass is 10.1. The number of hydrogen-bond acceptors (Lipinski definition) is 5. The molecule has 0 bridgehead atoms. The van der Waals surface area contributed by atoms with Gasteiger partial charge in [-0.2, -0.15) is 5.10 Å². The summed E-state index contributed by atoms with van der Waals surface area (Å²) >= 11 is 0. The number of ether oxygens (including phenoxy) is 1. The van der Waals surface area contributed by atoms with Crippen molar-refractivity contribution in [3.05, 3.63) is 42.2 Å². The molecule has 134 valence electrons. The molecule has 8 heteroatoms. The van der Waals surface area contributed by atoms with Crippen molar-refractivity contribution in [3.63, 3.8) is 0 Å². The highest BCUT2D eigenvalue weighted by Crippen LogP contribution is 2.17. The Labute approximate surface area is 146 Å². The molecule has 8 nitrogen and oxygen atoms in total. The summed E-state index contributed by atoms with van der Waals surface area (Å²) in [5, 5.41) is 12.6. The van der Waals surface area contributed by atoms with E-state index in [1.807, 2.05) is 0 Å². The van der Waals surface area contributed by atoms with Gasteiger partial charge in [0.25, 0.3) is 0 Å². The van der Waals surface area contributed by atoms with Crippen LogP contribution in [0.25, 0.3) is 0 Å². The van der Waals surface area contributed by atoms with E-state index in [9.17, 15) is 9.59 Å². The second-order valence-electron chi connectivity index (χ2n) is 5.52. The number of aryl methyl sites for hydroxylation is 1. The maximum absolute atomic E-state index is 12.3. The van der Waals surface area contributed by atoms with E-state index in [0.717, 1.165) is 5.56 Å². The van der Waals surface area contributed by atoms with E-state index in [1.54, 1.807) is 55.4 Å². The lowest BCUT2D eigenvalue weighted by Gasteiger charge is -2.15. The zero-order valence-corrected chi connectivity index (χ0v) is 14.6. The number of rotatable bonds is 8. The summed E-state index contributed by atoms with van der Waals surface area (Å²) in [6.07, 6.45) is 3.45. The first-order valence-corrected chi connectivity index (χ1v) is 7.93. The van der Waals surface area contributed by atoms with Crippen molar-refractivity contribution in [2.45, 2.75) is 13.0 Å². The van der Waals surface area contributed by atoms with Crippen molar-refractivity contribution < 1.29 is 14.3 Å². The molecule has 2 rings (SSSR count). The molecule has 0 saturated carbocycles. The van der Waals surface area contributed by atoms with Crippen LogP contribution in [-0.4, -0.2) is 41.8 Å². The Bertz CT molecular complexity index is 729. The van der Waals surface area contributed by atoms with Crippen LogP contribution >= 0.6 is 0 Å². The zero-order chi connectivity index (χ0) is 18.2. The van der Waals surface area contributed by atoms with E-state index in [-0.39, 0.29) is 11.8 Å². The van der Waals surface area contributed by atoms with E-state index in [2.05, 4.69) is 21.0 Å². The van der Waals surface area contributed by atoms with Crippen LogP contribution in [0, 0.1) is 0 Å². The fourth-order valence-electron chi connectivity index (χ4n) is 2.35. The summed E-state index contributed by atoms with van der Waals surface area (Å²) in [5.74, 6) is 0.335. The van der Waals surface area contributed by atoms with Crippen LogP contribution in [0.1, 0.15) is 18.5 Å². The summed E-state index contributed by atoms with van der Waals surface area (Å²) in [6.45, 7) is 2.13. The van der Waals surface area contributed by atoms with Crippen LogP contribution in [0.5, 0.6) is 5.75 Å². The molecule has 0 aliphatic heterocycles. The average molecular weight is 345 g/mol. The summed E-state index contributed by atoms with van der Waals surface area (Å²) in [5.41, 5.74) is 1.47. The highest BCUT2D eigenvalue weighted by molar-refractivity contribution is 5.88. The first-order valence-electron chi connectivity index (χ1n) is 7.93. The first-order chi connectivity index (χ1) is 12.0. The van der Waals surface area contributed by atoms with Gasteiger partial charge < -0.3 is 20.7 Å². The Kier molecular flexibility index (Phi) is 6.53. The van der Waals surface area contributed by atoms with Gasteiger partial charge in [0.15, 0.2) is 0 Å². The van der Waals surface area contributed by atoms with Crippen LogP contribution in [0.15, 0.2) is 36.7 Å². The zero-order valence-electron chi connectivity index (χ0n) is 14.6. The molecule has 1 heterocycles. The number of nitrogens with one attached hydrogen (secondary N) is 3. The van der Waals surface area contributed by atoms with Gasteiger partial charge in [-0.15, -0.1) is 0 Å². The molecule has 1 aromatic heterocycles. The number of carbonyl (C=O) groups is 2. The molecule has 0 spiro atoms. The van der Waals surface area contributed by atoms with E-state index in [0.29, 0.717) is 24.6 Å². The minimum absolute atomic E-state index is 0.141. The van der Waals surface area contributed by atoms with Crippen molar-refractivity contribution in [2.75, 3.05) is 25.5 Å². The highest BCUT2D eigenvalue weighted by Gasteiger charge is 2.19. The number of hydrogen-bond donors (Lipinski definition) is 3.